The van der Waals surface area contributed by atoms with Crippen LogP contribution in [0.5, 0.6) is 0 Å². The molecule has 112 valence electrons. The number of hydrogen-bond acceptors (Lipinski definition) is 3. The lowest BCUT2D eigenvalue weighted by atomic mass is 10.0. The molecular weight excluding hydrogens is 270 g/mol. The molecule has 2 rings (SSSR count). The Morgan fingerprint density at radius 2 is 2.20 bits per heavy atom. The van der Waals surface area contributed by atoms with E-state index in [9.17, 15) is 0 Å². The molecule has 0 amide bonds. The maximum Gasteiger partial charge on any atom is 0.0409 e. The van der Waals surface area contributed by atoms with Gasteiger partial charge in [-0.05, 0) is 37.6 Å². The summed E-state index contributed by atoms with van der Waals surface area (Å²) in [7, 11) is 2.23. The fraction of sp³-hybridized carbons (Fsp3) is 0.625. The van der Waals surface area contributed by atoms with Crippen LogP contribution >= 0.6 is 11.6 Å². The van der Waals surface area contributed by atoms with Crippen molar-refractivity contribution in [3.63, 3.8) is 0 Å². The Morgan fingerprint density at radius 3 is 2.90 bits per heavy atom. The maximum absolute atomic E-state index is 6.28. The first-order valence-corrected chi connectivity index (χ1v) is 7.91. The van der Waals surface area contributed by atoms with Crippen molar-refractivity contribution < 1.29 is 0 Å². The zero-order valence-corrected chi connectivity index (χ0v) is 13.3. The fourth-order valence-electron chi connectivity index (χ4n) is 2.88. The van der Waals surface area contributed by atoms with Crippen LogP contribution in [0, 0.1) is 0 Å². The molecular formula is C16H26ClN3. The van der Waals surface area contributed by atoms with Crippen molar-refractivity contribution in [3.05, 3.63) is 34.9 Å². The van der Waals surface area contributed by atoms with E-state index in [1.165, 1.54) is 6.42 Å². The lowest BCUT2D eigenvalue weighted by Gasteiger charge is -2.39. The van der Waals surface area contributed by atoms with Crippen molar-refractivity contribution in [2.45, 2.75) is 31.8 Å². The molecule has 0 saturated carbocycles. The number of rotatable bonds is 5. The zero-order valence-electron chi connectivity index (χ0n) is 12.6. The second-order valence-electron chi connectivity index (χ2n) is 5.79. The molecule has 1 aliphatic rings. The van der Waals surface area contributed by atoms with Gasteiger partial charge < -0.3 is 15.5 Å². The standard InChI is InChI=1S/C16H26ClN3/c1-3-15-12-20(10-9-19(15)2)8-7-16(18)13-5-4-6-14(17)11-13/h4-6,11,15-16H,3,7-10,12,18H2,1-2H3. The molecule has 1 fully saturated rings. The van der Waals surface area contributed by atoms with E-state index in [4.69, 9.17) is 17.3 Å². The van der Waals surface area contributed by atoms with Gasteiger partial charge in [0, 0.05) is 43.3 Å². The Balaban J connectivity index is 1.83. The van der Waals surface area contributed by atoms with Crippen LogP contribution in [-0.4, -0.2) is 49.1 Å². The molecule has 2 unspecified atom stereocenters. The molecule has 1 aromatic rings. The summed E-state index contributed by atoms with van der Waals surface area (Å²) in [5.74, 6) is 0. The van der Waals surface area contributed by atoms with E-state index >= 15 is 0 Å². The van der Waals surface area contributed by atoms with E-state index < -0.39 is 0 Å². The number of benzene rings is 1. The summed E-state index contributed by atoms with van der Waals surface area (Å²) in [4.78, 5) is 5.01. The maximum atomic E-state index is 6.28. The largest absolute Gasteiger partial charge is 0.324 e. The lowest BCUT2D eigenvalue weighted by molar-refractivity contribution is 0.0911. The van der Waals surface area contributed by atoms with Gasteiger partial charge in [0.25, 0.3) is 0 Å². The van der Waals surface area contributed by atoms with Crippen molar-refractivity contribution >= 4 is 11.6 Å². The average molecular weight is 296 g/mol. The number of nitrogens with two attached hydrogens (primary N) is 1. The molecule has 20 heavy (non-hydrogen) atoms. The molecule has 0 radical (unpaired) electrons. The minimum Gasteiger partial charge on any atom is -0.324 e. The third-order valence-corrected chi connectivity index (χ3v) is 4.60. The molecule has 0 spiro atoms. The molecule has 2 atom stereocenters. The molecule has 0 aliphatic carbocycles. The van der Waals surface area contributed by atoms with Gasteiger partial charge in [-0.3, -0.25) is 0 Å². The monoisotopic (exact) mass is 295 g/mol. The van der Waals surface area contributed by atoms with E-state index in [-0.39, 0.29) is 6.04 Å². The summed E-state index contributed by atoms with van der Waals surface area (Å²) in [5.41, 5.74) is 7.42. The highest BCUT2D eigenvalue weighted by molar-refractivity contribution is 6.30. The van der Waals surface area contributed by atoms with E-state index in [0.717, 1.165) is 43.2 Å². The van der Waals surface area contributed by atoms with Crippen molar-refractivity contribution in [1.29, 1.82) is 0 Å². The van der Waals surface area contributed by atoms with Gasteiger partial charge in [-0.25, -0.2) is 0 Å². The van der Waals surface area contributed by atoms with Gasteiger partial charge in [0.1, 0.15) is 0 Å². The number of nitrogens with zero attached hydrogens (tertiary/aromatic N) is 2. The Bertz CT molecular complexity index is 424. The van der Waals surface area contributed by atoms with Gasteiger partial charge in [0.2, 0.25) is 0 Å². The van der Waals surface area contributed by atoms with Gasteiger partial charge in [-0.15, -0.1) is 0 Å². The summed E-state index contributed by atoms with van der Waals surface area (Å²) in [6.45, 7) is 6.80. The van der Waals surface area contributed by atoms with Crippen LogP contribution in [0.1, 0.15) is 31.4 Å². The lowest BCUT2D eigenvalue weighted by Crippen LogP contribution is -2.51. The molecule has 1 aliphatic heterocycles. The Hall–Kier alpha value is -0.610. The topological polar surface area (TPSA) is 32.5 Å². The van der Waals surface area contributed by atoms with Crippen LogP contribution in [-0.2, 0) is 0 Å². The predicted octanol–water partition coefficient (Wildman–Crippen LogP) is 2.76. The van der Waals surface area contributed by atoms with Crippen molar-refractivity contribution in [3.8, 4) is 0 Å². The van der Waals surface area contributed by atoms with Gasteiger partial charge in [0.15, 0.2) is 0 Å². The van der Waals surface area contributed by atoms with Crippen molar-refractivity contribution in [2.24, 2.45) is 5.73 Å². The highest BCUT2D eigenvalue weighted by atomic mass is 35.5. The average Bonchev–Trinajstić information content (AvgIpc) is 2.46. The number of hydrogen-bond donors (Lipinski definition) is 1. The normalized spacial score (nSPS) is 22.9. The highest BCUT2D eigenvalue weighted by Crippen LogP contribution is 2.19. The van der Waals surface area contributed by atoms with Gasteiger partial charge >= 0.3 is 0 Å². The Kier molecular flexibility index (Phi) is 5.85. The first-order valence-electron chi connectivity index (χ1n) is 7.53. The van der Waals surface area contributed by atoms with Crippen LogP contribution in [0.4, 0.5) is 0 Å². The zero-order chi connectivity index (χ0) is 14.5. The van der Waals surface area contributed by atoms with E-state index in [2.05, 4.69) is 29.8 Å². The third-order valence-electron chi connectivity index (χ3n) is 4.37. The van der Waals surface area contributed by atoms with Crippen molar-refractivity contribution in [1.82, 2.24) is 9.80 Å². The van der Waals surface area contributed by atoms with Gasteiger partial charge in [0.05, 0.1) is 0 Å². The minimum atomic E-state index is 0.0773. The van der Waals surface area contributed by atoms with Crippen molar-refractivity contribution in [2.75, 3.05) is 33.2 Å². The quantitative estimate of drug-likeness (QED) is 0.906. The first-order chi connectivity index (χ1) is 9.60. The fourth-order valence-corrected chi connectivity index (χ4v) is 3.08. The van der Waals surface area contributed by atoms with E-state index in [1.807, 2.05) is 18.2 Å². The molecule has 3 nitrogen and oxygen atoms in total. The molecule has 1 aromatic carbocycles. The second kappa shape index (κ2) is 7.41. The summed E-state index contributed by atoms with van der Waals surface area (Å²) in [5, 5.41) is 0.767. The summed E-state index contributed by atoms with van der Waals surface area (Å²) < 4.78 is 0. The molecule has 2 N–H and O–H groups in total. The van der Waals surface area contributed by atoms with Crippen LogP contribution in [0.3, 0.4) is 0 Å². The minimum absolute atomic E-state index is 0.0773. The number of halogens is 1. The SMILES string of the molecule is CCC1CN(CCC(N)c2cccc(Cl)c2)CCN1C. The molecule has 4 heteroatoms. The first kappa shape index (κ1) is 15.8. The summed E-state index contributed by atoms with van der Waals surface area (Å²) in [6.07, 6.45) is 2.20. The molecule has 0 aromatic heterocycles. The highest BCUT2D eigenvalue weighted by Gasteiger charge is 2.22. The van der Waals surface area contributed by atoms with Crippen LogP contribution in [0.15, 0.2) is 24.3 Å². The third kappa shape index (κ3) is 4.19. The van der Waals surface area contributed by atoms with Crippen LogP contribution < -0.4 is 5.73 Å². The Morgan fingerprint density at radius 1 is 1.40 bits per heavy atom. The van der Waals surface area contributed by atoms with Gasteiger partial charge in [-0.2, -0.15) is 0 Å². The smallest absolute Gasteiger partial charge is 0.0409 e. The molecule has 0 bridgehead atoms. The summed E-state index contributed by atoms with van der Waals surface area (Å²) >= 11 is 6.02. The van der Waals surface area contributed by atoms with Crippen LogP contribution in [0.25, 0.3) is 0 Å². The Labute approximate surface area is 127 Å². The predicted molar refractivity (Wildman–Crippen MR) is 86.1 cm³/mol. The summed E-state index contributed by atoms with van der Waals surface area (Å²) in [6, 6.07) is 8.67. The van der Waals surface area contributed by atoms with Gasteiger partial charge in [-0.1, -0.05) is 30.7 Å². The molecule has 1 heterocycles. The second-order valence-corrected chi connectivity index (χ2v) is 6.23. The van der Waals surface area contributed by atoms with Crippen LogP contribution in [0.2, 0.25) is 5.02 Å². The van der Waals surface area contributed by atoms with E-state index in [1.54, 1.807) is 0 Å². The molecule has 1 saturated heterocycles. The number of likely N-dealkylation sites (N-methyl/N-ethyl adjacent to an activating group) is 1. The number of piperazine rings is 1. The van der Waals surface area contributed by atoms with E-state index in [0.29, 0.717) is 6.04 Å².